The summed E-state index contributed by atoms with van der Waals surface area (Å²) in [6.45, 7) is 1.70. The van der Waals surface area contributed by atoms with Gasteiger partial charge in [-0.3, -0.25) is 9.52 Å². The Balaban J connectivity index is 2.08. The van der Waals surface area contributed by atoms with Gasteiger partial charge >= 0.3 is 10.2 Å². The Hall–Kier alpha value is -2.37. The summed E-state index contributed by atoms with van der Waals surface area (Å²) in [5.74, 6) is -2.94. The summed E-state index contributed by atoms with van der Waals surface area (Å²) in [6, 6.07) is 3.02. The molecule has 3 aromatic rings. The third-order valence-corrected chi connectivity index (χ3v) is 6.11. The lowest BCUT2D eigenvalue weighted by Gasteiger charge is -2.17. The zero-order valence-electron chi connectivity index (χ0n) is 14.8. The Morgan fingerprint density at radius 1 is 1.29 bits per heavy atom. The maximum atomic E-state index is 14.9. The van der Waals surface area contributed by atoms with Gasteiger partial charge in [0.15, 0.2) is 11.6 Å². The van der Waals surface area contributed by atoms with E-state index < -0.39 is 38.9 Å². The van der Waals surface area contributed by atoms with E-state index in [9.17, 15) is 22.0 Å². The predicted octanol–water partition coefficient (Wildman–Crippen LogP) is 3.44. The fourth-order valence-electron chi connectivity index (χ4n) is 2.53. The van der Waals surface area contributed by atoms with Crippen molar-refractivity contribution in [3.05, 3.63) is 57.8 Å². The van der Waals surface area contributed by atoms with Crippen LogP contribution in [0.1, 0.15) is 22.8 Å². The van der Waals surface area contributed by atoms with Gasteiger partial charge in [0.25, 0.3) is 0 Å². The summed E-state index contributed by atoms with van der Waals surface area (Å²) < 4.78 is 56.7. The minimum Gasteiger partial charge on any atom is -0.345 e. The first kappa shape index (κ1) is 20.4. The standard InChI is InChI=1S/C17H15BrF2N4O3S/c1-3-24(2)28(26,27)23-14-6-10(19)5-12(15(14)20)16(25)13-8-22-17-11(13)4-9(18)7-21-17/h4-8,23H,3H2,1-2H3,(H,21,22). The van der Waals surface area contributed by atoms with E-state index >= 15 is 0 Å². The molecule has 28 heavy (non-hydrogen) atoms. The smallest absolute Gasteiger partial charge is 0.301 e. The number of ketones is 1. The van der Waals surface area contributed by atoms with Gasteiger partial charge in [0.2, 0.25) is 0 Å². The lowest BCUT2D eigenvalue weighted by atomic mass is 10.0. The largest absolute Gasteiger partial charge is 0.345 e. The van der Waals surface area contributed by atoms with Crippen molar-refractivity contribution < 1.29 is 22.0 Å². The van der Waals surface area contributed by atoms with Crippen molar-refractivity contribution in [1.29, 1.82) is 0 Å². The van der Waals surface area contributed by atoms with Gasteiger partial charge in [-0.15, -0.1) is 0 Å². The highest BCUT2D eigenvalue weighted by atomic mass is 79.9. The first-order valence-electron chi connectivity index (χ1n) is 8.04. The molecule has 0 saturated heterocycles. The van der Waals surface area contributed by atoms with Gasteiger partial charge in [-0.2, -0.15) is 12.7 Å². The molecule has 0 radical (unpaired) electrons. The molecule has 0 amide bonds. The monoisotopic (exact) mass is 472 g/mol. The number of H-pyrrole nitrogens is 1. The summed E-state index contributed by atoms with van der Waals surface area (Å²) >= 11 is 3.24. The first-order chi connectivity index (χ1) is 13.1. The summed E-state index contributed by atoms with van der Waals surface area (Å²) in [5, 5.41) is 0.413. The first-order valence-corrected chi connectivity index (χ1v) is 10.3. The van der Waals surface area contributed by atoms with Gasteiger partial charge in [0.1, 0.15) is 11.5 Å². The fourth-order valence-corrected chi connectivity index (χ4v) is 3.78. The van der Waals surface area contributed by atoms with Crippen LogP contribution >= 0.6 is 15.9 Å². The van der Waals surface area contributed by atoms with E-state index in [1.807, 2.05) is 4.72 Å². The second-order valence-electron chi connectivity index (χ2n) is 5.92. The number of benzene rings is 1. The molecule has 0 unspecified atom stereocenters. The highest BCUT2D eigenvalue weighted by Gasteiger charge is 2.25. The van der Waals surface area contributed by atoms with Crippen molar-refractivity contribution in [3.8, 4) is 0 Å². The third-order valence-electron chi connectivity index (χ3n) is 4.12. The van der Waals surface area contributed by atoms with E-state index in [-0.39, 0.29) is 12.1 Å². The number of nitrogens with zero attached hydrogens (tertiary/aromatic N) is 2. The number of hydrogen-bond donors (Lipinski definition) is 2. The Bertz CT molecular complexity index is 1180. The van der Waals surface area contributed by atoms with Crippen LogP contribution in [0.5, 0.6) is 0 Å². The van der Waals surface area contributed by atoms with Crippen molar-refractivity contribution in [2.75, 3.05) is 18.3 Å². The van der Waals surface area contributed by atoms with E-state index in [4.69, 9.17) is 0 Å². The molecule has 0 spiro atoms. The Morgan fingerprint density at radius 2 is 2.00 bits per heavy atom. The zero-order chi connectivity index (χ0) is 20.6. The lowest BCUT2D eigenvalue weighted by molar-refractivity contribution is 0.103. The second-order valence-corrected chi connectivity index (χ2v) is 8.61. The molecule has 0 aliphatic rings. The van der Waals surface area contributed by atoms with E-state index in [2.05, 4.69) is 25.9 Å². The van der Waals surface area contributed by atoms with Gasteiger partial charge in [0.05, 0.1) is 11.3 Å². The molecule has 0 atom stereocenters. The van der Waals surface area contributed by atoms with Crippen molar-refractivity contribution in [2.24, 2.45) is 0 Å². The lowest BCUT2D eigenvalue weighted by Crippen LogP contribution is -2.32. The van der Waals surface area contributed by atoms with Gasteiger partial charge in [0, 0.05) is 47.5 Å². The SMILES string of the molecule is CCN(C)S(=O)(=O)Nc1cc(F)cc(C(=O)c2c[nH]c3ncc(Br)cc23)c1F. The van der Waals surface area contributed by atoms with Crippen LogP contribution in [0.3, 0.4) is 0 Å². The number of nitrogens with one attached hydrogen (secondary N) is 2. The van der Waals surface area contributed by atoms with Crippen LogP contribution in [-0.4, -0.2) is 42.1 Å². The molecular formula is C17H15BrF2N4O3S. The van der Waals surface area contributed by atoms with Gasteiger partial charge in [-0.1, -0.05) is 6.92 Å². The van der Waals surface area contributed by atoms with Crippen molar-refractivity contribution >= 4 is 48.6 Å². The van der Waals surface area contributed by atoms with E-state index in [0.29, 0.717) is 21.6 Å². The van der Waals surface area contributed by atoms with E-state index in [1.54, 1.807) is 13.0 Å². The van der Waals surface area contributed by atoms with Crippen molar-refractivity contribution in [1.82, 2.24) is 14.3 Å². The molecule has 0 saturated carbocycles. The quantitative estimate of drug-likeness (QED) is 0.537. The Morgan fingerprint density at radius 3 is 2.68 bits per heavy atom. The number of hydrogen-bond acceptors (Lipinski definition) is 4. The van der Waals surface area contributed by atoms with Crippen LogP contribution in [0, 0.1) is 11.6 Å². The van der Waals surface area contributed by atoms with E-state index in [1.165, 1.54) is 19.4 Å². The zero-order valence-corrected chi connectivity index (χ0v) is 17.2. The Labute approximate surface area is 168 Å². The highest BCUT2D eigenvalue weighted by Crippen LogP contribution is 2.27. The van der Waals surface area contributed by atoms with E-state index in [0.717, 1.165) is 10.4 Å². The molecular weight excluding hydrogens is 458 g/mol. The molecule has 0 aliphatic carbocycles. The molecule has 11 heteroatoms. The molecule has 0 bridgehead atoms. The summed E-state index contributed by atoms with van der Waals surface area (Å²) in [5.41, 5.74) is -0.776. The number of carbonyl (C=O) groups excluding carboxylic acids is 1. The Kier molecular flexibility index (Phi) is 5.50. The maximum Gasteiger partial charge on any atom is 0.301 e. The van der Waals surface area contributed by atoms with Crippen LogP contribution in [0.15, 0.2) is 35.1 Å². The number of aromatic amines is 1. The van der Waals surface area contributed by atoms with Crippen molar-refractivity contribution in [2.45, 2.75) is 6.92 Å². The molecule has 0 aliphatic heterocycles. The number of carbonyl (C=O) groups is 1. The van der Waals surface area contributed by atoms with Gasteiger partial charge in [-0.05, 0) is 28.1 Å². The second kappa shape index (κ2) is 7.57. The highest BCUT2D eigenvalue weighted by molar-refractivity contribution is 9.10. The van der Waals surface area contributed by atoms with Crippen LogP contribution in [0.2, 0.25) is 0 Å². The predicted molar refractivity (Wildman–Crippen MR) is 104 cm³/mol. The van der Waals surface area contributed by atoms with Crippen molar-refractivity contribution in [3.63, 3.8) is 0 Å². The minimum absolute atomic E-state index is 0.0767. The van der Waals surface area contributed by atoms with Gasteiger partial charge < -0.3 is 4.98 Å². The molecule has 7 nitrogen and oxygen atoms in total. The van der Waals surface area contributed by atoms with Crippen LogP contribution < -0.4 is 4.72 Å². The normalized spacial score (nSPS) is 11.9. The number of pyridine rings is 1. The summed E-state index contributed by atoms with van der Waals surface area (Å²) in [4.78, 5) is 19.7. The van der Waals surface area contributed by atoms with Gasteiger partial charge in [-0.25, -0.2) is 13.8 Å². The maximum absolute atomic E-state index is 14.9. The average molecular weight is 473 g/mol. The topological polar surface area (TPSA) is 95.2 Å². The minimum atomic E-state index is -4.10. The molecule has 1 aromatic carbocycles. The van der Waals surface area contributed by atoms with Crippen LogP contribution in [-0.2, 0) is 10.2 Å². The fraction of sp³-hybridized carbons (Fsp3) is 0.176. The molecule has 0 fully saturated rings. The average Bonchev–Trinajstić information content (AvgIpc) is 3.05. The third kappa shape index (κ3) is 3.77. The number of rotatable bonds is 6. The number of anilines is 1. The molecule has 3 rings (SSSR count). The number of fused-ring (bicyclic) bond motifs is 1. The molecule has 2 heterocycles. The molecule has 148 valence electrons. The van der Waals surface area contributed by atoms with Crippen LogP contribution in [0.4, 0.5) is 14.5 Å². The summed E-state index contributed by atoms with van der Waals surface area (Å²) in [7, 11) is -2.82. The molecule has 2 aromatic heterocycles. The number of halogens is 3. The molecule has 2 N–H and O–H groups in total. The number of aromatic nitrogens is 2. The van der Waals surface area contributed by atoms with Crippen LogP contribution in [0.25, 0.3) is 11.0 Å². The summed E-state index contributed by atoms with van der Waals surface area (Å²) in [6.07, 6.45) is 2.86.